The van der Waals surface area contributed by atoms with Gasteiger partial charge >= 0.3 is 6.09 Å². The van der Waals surface area contributed by atoms with Crippen LogP contribution in [0.5, 0.6) is 0 Å². The van der Waals surface area contributed by atoms with Crippen LogP contribution in [0.15, 0.2) is 43.1 Å². The van der Waals surface area contributed by atoms with Crippen molar-refractivity contribution in [1.29, 1.82) is 0 Å². The summed E-state index contributed by atoms with van der Waals surface area (Å²) in [6, 6.07) is 4.62. The zero-order valence-electron chi connectivity index (χ0n) is 22.6. The lowest BCUT2D eigenvalue weighted by Crippen LogP contribution is -2.41. The van der Waals surface area contributed by atoms with Crippen LogP contribution in [0.4, 0.5) is 9.18 Å². The minimum atomic E-state index is -0.602. The number of carbonyl (C=O) groups is 1. The SMILES string of the molecule is C=C(CCC1(CCC)Cc2cc(F)ccc2[C@H]1NC(=O)OC(C)(C)C)Cc1cnc(C(=C)C)c(C)n1. The largest absolute Gasteiger partial charge is 0.444 e. The van der Waals surface area contributed by atoms with Crippen LogP contribution >= 0.6 is 0 Å². The number of aryl methyl sites for hydroxylation is 1. The van der Waals surface area contributed by atoms with Gasteiger partial charge in [-0.15, -0.1) is 0 Å². The van der Waals surface area contributed by atoms with E-state index in [1.165, 1.54) is 6.07 Å². The van der Waals surface area contributed by atoms with Crippen molar-refractivity contribution in [3.8, 4) is 0 Å². The van der Waals surface area contributed by atoms with Gasteiger partial charge in [-0.2, -0.15) is 0 Å². The molecule has 1 aliphatic carbocycles. The maximum absolute atomic E-state index is 14.1. The zero-order valence-corrected chi connectivity index (χ0v) is 22.6. The van der Waals surface area contributed by atoms with Gasteiger partial charge in [0.25, 0.3) is 0 Å². The second kappa shape index (κ2) is 10.9. The fraction of sp³-hybridized carbons (Fsp3) is 0.500. The Bertz CT molecular complexity index is 1150. The Morgan fingerprint density at radius 1 is 1.28 bits per heavy atom. The van der Waals surface area contributed by atoms with E-state index < -0.39 is 11.7 Å². The van der Waals surface area contributed by atoms with E-state index in [4.69, 9.17) is 9.72 Å². The number of benzene rings is 1. The van der Waals surface area contributed by atoms with Gasteiger partial charge in [0, 0.05) is 12.6 Å². The van der Waals surface area contributed by atoms with E-state index in [0.29, 0.717) is 12.8 Å². The second-order valence-corrected chi connectivity index (χ2v) is 11.2. The number of alkyl carbamates (subject to hydrolysis) is 1. The third-order valence-corrected chi connectivity index (χ3v) is 6.79. The summed E-state index contributed by atoms with van der Waals surface area (Å²) in [5.74, 6) is -0.256. The molecule has 0 spiro atoms. The van der Waals surface area contributed by atoms with E-state index in [1.807, 2.05) is 34.6 Å². The van der Waals surface area contributed by atoms with Crippen molar-refractivity contribution >= 4 is 11.7 Å². The Hall–Kier alpha value is -3.02. The molecule has 0 saturated heterocycles. The van der Waals surface area contributed by atoms with Crippen molar-refractivity contribution in [2.45, 2.75) is 91.7 Å². The molecule has 1 heterocycles. The molecular formula is C30H40FN3O2. The predicted octanol–water partition coefficient (Wildman–Crippen LogP) is 7.44. The summed E-state index contributed by atoms with van der Waals surface area (Å²) in [6.07, 6.45) is 6.11. The summed E-state index contributed by atoms with van der Waals surface area (Å²) < 4.78 is 19.7. The average Bonchev–Trinajstić information content (AvgIpc) is 3.03. The van der Waals surface area contributed by atoms with Gasteiger partial charge in [0.2, 0.25) is 0 Å². The topological polar surface area (TPSA) is 64.1 Å². The first kappa shape index (κ1) is 27.6. The number of amides is 1. The standard InChI is InChI=1S/C30H40FN3O2/c1-9-13-30(14-12-20(4)15-24-18-32-26(19(2)3)21(5)33-24)17-22-16-23(31)10-11-25(22)27(30)34-28(35)36-29(6,7)8/h10-11,16,18,27H,2,4,9,12-15,17H2,1,3,5-8H3,(H,34,35)/t27-,30?/m1/s1. The molecule has 1 aromatic carbocycles. The summed E-state index contributed by atoms with van der Waals surface area (Å²) in [7, 11) is 0. The van der Waals surface area contributed by atoms with Crippen LogP contribution in [-0.2, 0) is 17.6 Å². The van der Waals surface area contributed by atoms with Crippen LogP contribution < -0.4 is 5.32 Å². The number of hydrogen-bond donors (Lipinski definition) is 1. The number of halogens is 1. The Balaban J connectivity index is 1.81. The number of rotatable bonds is 9. The zero-order chi connectivity index (χ0) is 26.7. The molecule has 1 amide bonds. The van der Waals surface area contributed by atoms with Crippen LogP contribution in [0.25, 0.3) is 5.57 Å². The number of fused-ring (bicyclic) bond motifs is 1. The van der Waals surface area contributed by atoms with E-state index in [1.54, 1.807) is 18.3 Å². The van der Waals surface area contributed by atoms with Crippen LogP contribution in [0.2, 0.25) is 0 Å². The highest BCUT2D eigenvalue weighted by molar-refractivity contribution is 5.69. The lowest BCUT2D eigenvalue weighted by molar-refractivity contribution is 0.0434. The molecule has 1 N–H and O–H groups in total. The van der Waals surface area contributed by atoms with Gasteiger partial charge in [0.1, 0.15) is 11.4 Å². The molecule has 0 bridgehead atoms. The van der Waals surface area contributed by atoms with Gasteiger partial charge in [0.15, 0.2) is 0 Å². The summed E-state index contributed by atoms with van der Waals surface area (Å²) in [5.41, 5.74) is 5.60. The molecule has 1 aliphatic rings. The minimum Gasteiger partial charge on any atom is -0.444 e. The summed E-state index contributed by atoms with van der Waals surface area (Å²) >= 11 is 0. The highest BCUT2D eigenvalue weighted by Crippen LogP contribution is 2.52. The number of nitrogens with one attached hydrogen (secondary N) is 1. The molecule has 1 unspecified atom stereocenters. The summed E-state index contributed by atoms with van der Waals surface area (Å²) in [6.45, 7) is 19.9. The Morgan fingerprint density at radius 2 is 2.00 bits per heavy atom. The molecule has 1 aromatic heterocycles. The molecule has 0 radical (unpaired) electrons. The number of carbonyl (C=O) groups excluding carboxylic acids is 1. The lowest BCUT2D eigenvalue weighted by Gasteiger charge is -2.37. The summed E-state index contributed by atoms with van der Waals surface area (Å²) in [4.78, 5) is 22.0. The van der Waals surface area contributed by atoms with E-state index in [2.05, 4.69) is 30.4 Å². The number of hydrogen-bond acceptors (Lipinski definition) is 4. The van der Waals surface area contributed by atoms with Crippen LogP contribution in [0.1, 0.15) is 94.6 Å². The van der Waals surface area contributed by atoms with Crippen molar-refractivity contribution in [2.24, 2.45) is 5.41 Å². The maximum Gasteiger partial charge on any atom is 0.408 e. The molecule has 0 saturated carbocycles. The fourth-order valence-corrected chi connectivity index (χ4v) is 5.37. The number of aromatic nitrogens is 2. The molecule has 6 heteroatoms. The molecule has 0 fully saturated rings. The highest BCUT2D eigenvalue weighted by atomic mass is 19.1. The molecule has 5 nitrogen and oxygen atoms in total. The van der Waals surface area contributed by atoms with E-state index in [-0.39, 0.29) is 17.3 Å². The fourth-order valence-electron chi connectivity index (χ4n) is 5.37. The predicted molar refractivity (Wildman–Crippen MR) is 143 cm³/mol. The monoisotopic (exact) mass is 493 g/mol. The smallest absolute Gasteiger partial charge is 0.408 e. The van der Waals surface area contributed by atoms with E-state index >= 15 is 0 Å². The van der Waals surface area contributed by atoms with Gasteiger partial charge < -0.3 is 10.1 Å². The third kappa shape index (κ3) is 6.59. The van der Waals surface area contributed by atoms with E-state index in [9.17, 15) is 9.18 Å². The van der Waals surface area contributed by atoms with Crippen LogP contribution in [-0.4, -0.2) is 21.7 Å². The van der Waals surface area contributed by atoms with Crippen molar-refractivity contribution in [3.05, 3.63) is 77.2 Å². The summed E-state index contributed by atoms with van der Waals surface area (Å²) in [5, 5.41) is 3.14. The van der Waals surface area contributed by atoms with Crippen molar-refractivity contribution in [2.75, 3.05) is 0 Å². The average molecular weight is 494 g/mol. The van der Waals surface area contributed by atoms with Crippen LogP contribution in [0, 0.1) is 18.2 Å². The molecule has 2 atom stereocenters. The molecule has 36 heavy (non-hydrogen) atoms. The van der Waals surface area contributed by atoms with Gasteiger partial charge in [0.05, 0.1) is 23.1 Å². The number of ether oxygens (including phenoxy) is 1. The molecule has 0 aliphatic heterocycles. The minimum absolute atomic E-state index is 0.254. The van der Waals surface area contributed by atoms with Gasteiger partial charge in [-0.1, -0.05) is 38.1 Å². The van der Waals surface area contributed by atoms with Crippen molar-refractivity contribution in [1.82, 2.24) is 15.3 Å². The van der Waals surface area contributed by atoms with Gasteiger partial charge in [-0.25, -0.2) is 9.18 Å². The quantitative estimate of drug-likeness (QED) is 0.369. The van der Waals surface area contributed by atoms with Crippen molar-refractivity contribution < 1.29 is 13.9 Å². The number of nitrogens with zero attached hydrogens (tertiary/aromatic N) is 2. The second-order valence-electron chi connectivity index (χ2n) is 11.2. The van der Waals surface area contributed by atoms with Crippen molar-refractivity contribution in [3.63, 3.8) is 0 Å². The Kier molecular flexibility index (Phi) is 8.37. The van der Waals surface area contributed by atoms with E-state index in [0.717, 1.165) is 65.0 Å². The lowest BCUT2D eigenvalue weighted by atomic mass is 9.72. The van der Waals surface area contributed by atoms with Crippen LogP contribution in [0.3, 0.4) is 0 Å². The molecular weight excluding hydrogens is 453 g/mol. The Morgan fingerprint density at radius 3 is 2.61 bits per heavy atom. The third-order valence-electron chi connectivity index (χ3n) is 6.79. The van der Waals surface area contributed by atoms with Gasteiger partial charge in [-0.3, -0.25) is 9.97 Å². The molecule has 3 rings (SSSR count). The van der Waals surface area contributed by atoms with Gasteiger partial charge in [-0.05, 0) is 94.5 Å². The molecule has 194 valence electrons. The normalized spacial score (nSPS) is 19.0. The highest BCUT2D eigenvalue weighted by Gasteiger charge is 2.46. The first-order valence-electron chi connectivity index (χ1n) is 12.8. The molecule has 2 aromatic rings. The maximum atomic E-state index is 14.1. The first-order valence-corrected chi connectivity index (χ1v) is 12.8. The Labute approximate surface area is 215 Å². The number of allylic oxidation sites excluding steroid dienone is 2. The first-order chi connectivity index (χ1) is 16.8.